The van der Waals surface area contributed by atoms with Gasteiger partial charge in [-0.1, -0.05) is 0 Å². The van der Waals surface area contributed by atoms with Crippen molar-refractivity contribution >= 4 is 46.7 Å². The van der Waals surface area contributed by atoms with Gasteiger partial charge in [-0.05, 0) is 36.4 Å². The Morgan fingerprint density at radius 3 is 1.38 bits per heavy atom. The van der Waals surface area contributed by atoms with E-state index in [0.29, 0.717) is 11.4 Å². The van der Waals surface area contributed by atoms with Gasteiger partial charge < -0.3 is 33.6 Å². The van der Waals surface area contributed by atoms with Gasteiger partial charge in [0, 0.05) is 33.6 Å². The molecule has 0 aromatic heterocycles. The predicted octanol–water partition coefficient (Wildman–Crippen LogP) is -1.11. The molecule has 1 aliphatic carbocycles. The van der Waals surface area contributed by atoms with E-state index in [-0.39, 0.29) is 47.3 Å². The molecule has 164 valence electrons. The first-order chi connectivity index (χ1) is 15.2. The van der Waals surface area contributed by atoms with Crippen LogP contribution in [0.3, 0.4) is 0 Å². The number of amides is 2. The second-order valence-electron chi connectivity index (χ2n) is 6.76. The fraction of sp³-hybridized carbons (Fsp3) is 0.100. The van der Waals surface area contributed by atoms with Crippen molar-refractivity contribution in [3.63, 3.8) is 0 Å². The average Bonchev–Trinajstić information content (AvgIpc) is 2.74. The van der Waals surface area contributed by atoms with Crippen molar-refractivity contribution in [2.24, 2.45) is 32.9 Å². The van der Waals surface area contributed by atoms with Gasteiger partial charge in [0.2, 0.25) is 11.8 Å². The molecule has 0 heterocycles. The Morgan fingerprint density at radius 1 is 0.656 bits per heavy atom. The first-order valence-corrected chi connectivity index (χ1v) is 9.23. The number of hydrogen-bond acceptors (Lipinski definition) is 6. The Kier molecular flexibility index (Phi) is 6.14. The number of aliphatic imine (C=N–C) groups is 2. The molecule has 0 unspecified atom stereocenters. The number of nitrogens with one attached hydrogen (secondary N) is 2. The van der Waals surface area contributed by atoms with Crippen molar-refractivity contribution in [3.8, 4) is 0 Å². The van der Waals surface area contributed by atoms with E-state index < -0.39 is 23.4 Å². The summed E-state index contributed by atoms with van der Waals surface area (Å²) in [7, 11) is 0. The predicted molar refractivity (Wildman–Crippen MR) is 118 cm³/mol. The highest BCUT2D eigenvalue weighted by Gasteiger charge is 2.30. The van der Waals surface area contributed by atoms with E-state index in [1.54, 1.807) is 0 Å². The van der Waals surface area contributed by atoms with Gasteiger partial charge in [-0.15, -0.1) is 0 Å². The number of carbonyl (C=O) groups excluding carboxylic acids is 4. The molecule has 2 amide bonds. The molecule has 0 saturated carbocycles. The van der Waals surface area contributed by atoms with Crippen LogP contribution in [-0.2, 0) is 9.59 Å². The molecule has 0 spiro atoms. The normalized spacial score (nSPS) is 11.6. The fourth-order valence-electron chi connectivity index (χ4n) is 3.03. The summed E-state index contributed by atoms with van der Waals surface area (Å²) in [6, 6.07) is 8.69. The highest BCUT2D eigenvalue weighted by Crippen LogP contribution is 2.31. The topological polar surface area (TPSA) is 221 Å². The Bertz CT molecular complexity index is 1100. The lowest BCUT2D eigenvalue weighted by Crippen LogP contribution is -2.26. The van der Waals surface area contributed by atoms with E-state index >= 15 is 0 Å². The number of anilines is 2. The van der Waals surface area contributed by atoms with Crippen molar-refractivity contribution in [1.29, 1.82) is 0 Å². The van der Waals surface area contributed by atoms with Crippen LogP contribution in [-0.4, -0.2) is 48.4 Å². The maximum atomic E-state index is 13.0. The zero-order chi connectivity index (χ0) is 23.4. The van der Waals surface area contributed by atoms with Crippen LogP contribution in [0.25, 0.3) is 0 Å². The highest BCUT2D eigenvalue weighted by atomic mass is 16.2. The summed E-state index contributed by atoms with van der Waals surface area (Å²) in [6.45, 7) is -0.570. The van der Waals surface area contributed by atoms with E-state index in [1.807, 2.05) is 0 Å². The van der Waals surface area contributed by atoms with E-state index in [2.05, 4.69) is 20.6 Å². The summed E-state index contributed by atoms with van der Waals surface area (Å²) in [6.07, 6.45) is 0. The number of benzene rings is 2. The van der Waals surface area contributed by atoms with E-state index in [1.165, 1.54) is 36.4 Å². The lowest BCUT2D eigenvalue weighted by molar-refractivity contribution is -0.115. The molecule has 0 atom stereocenters. The summed E-state index contributed by atoms with van der Waals surface area (Å²) in [5.41, 5.74) is 22.0. The molecule has 0 aliphatic heterocycles. The van der Waals surface area contributed by atoms with Gasteiger partial charge in [0.05, 0.1) is 0 Å². The van der Waals surface area contributed by atoms with E-state index in [9.17, 15) is 19.2 Å². The maximum absolute atomic E-state index is 13.0. The molecule has 32 heavy (non-hydrogen) atoms. The second kappa shape index (κ2) is 8.95. The van der Waals surface area contributed by atoms with Crippen LogP contribution in [0, 0.1) is 0 Å². The molecule has 0 bridgehead atoms. The highest BCUT2D eigenvalue weighted by molar-refractivity contribution is 6.29. The number of carbonyl (C=O) groups is 4. The fourth-order valence-corrected chi connectivity index (χ4v) is 3.03. The van der Waals surface area contributed by atoms with Gasteiger partial charge in [0.15, 0.2) is 23.5 Å². The average molecular weight is 436 g/mol. The Balaban J connectivity index is 1.83. The van der Waals surface area contributed by atoms with Gasteiger partial charge in [-0.3, -0.25) is 19.2 Å². The van der Waals surface area contributed by atoms with Crippen LogP contribution in [0.2, 0.25) is 0 Å². The van der Waals surface area contributed by atoms with Gasteiger partial charge >= 0.3 is 0 Å². The number of nitrogens with two attached hydrogens (primary N) is 4. The van der Waals surface area contributed by atoms with Gasteiger partial charge in [-0.25, -0.2) is 9.98 Å². The Labute approximate surface area is 181 Å². The van der Waals surface area contributed by atoms with Crippen molar-refractivity contribution in [2.75, 3.05) is 23.7 Å². The quantitative estimate of drug-likeness (QED) is 0.205. The van der Waals surface area contributed by atoms with Crippen LogP contribution in [0.5, 0.6) is 0 Å². The molecule has 0 radical (unpaired) electrons. The number of hydrogen-bond donors (Lipinski definition) is 6. The van der Waals surface area contributed by atoms with E-state index in [0.717, 1.165) is 0 Å². The van der Waals surface area contributed by atoms with Crippen LogP contribution < -0.4 is 33.6 Å². The number of fused-ring (bicyclic) bond motifs is 2. The molecular formula is C20H20N8O4. The molecule has 1 aliphatic rings. The van der Waals surface area contributed by atoms with Crippen molar-refractivity contribution < 1.29 is 19.2 Å². The zero-order valence-corrected chi connectivity index (χ0v) is 16.7. The Morgan fingerprint density at radius 2 is 1.03 bits per heavy atom. The molecule has 2 aromatic carbocycles. The first-order valence-electron chi connectivity index (χ1n) is 9.23. The van der Waals surface area contributed by atoms with Crippen molar-refractivity contribution in [1.82, 2.24) is 0 Å². The number of ketones is 2. The van der Waals surface area contributed by atoms with Crippen LogP contribution >= 0.6 is 0 Å². The SMILES string of the molecule is NC(N)=NCC(=O)Nc1ccc2c(c1)C(=O)c1ccc(NC(=O)CN=C(N)N)cc1C2=O. The summed E-state index contributed by atoms with van der Waals surface area (Å²) in [4.78, 5) is 56.9. The Hall–Kier alpha value is -4.74. The molecule has 3 rings (SSSR count). The molecule has 10 N–H and O–H groups in total. The lowest BCUT2D eigenvalue weighted by Gasteiger charge is -2.19. The molecule has 12 heteroatoms. The third-order valence-electron chi connectivity index (χ3n) is 4.40. The molecule has 0 fully saturated rings. The largest absolute Gasteiger partial charge is 0.370 e. The first kappa shape index (κ1) is 22.0. The third-order valence-corrected chi connectivity index (χ3v) is 4.40. The van der Waals surface area contributed by atoms with Crippen molar-refractivity contribution in [2.45, 2.75) is 0 Å². The lowest BCUT2D eigenvalue weighted by atomic mass is 9.83. The van der Waals surface area contributed by atoms with Gasteiger partial charge in [0.25, 0.3) is 0 Å². The summed E-state index contributed by atoms with van der Waals surface area (Å²) < 4.78 is 0. The second-order valence-corrected chi connectivity index (χ2v) is 6.76. The standard InChI is InChI=1S/C20H20N8O4/c21-19(22)25-7-15(29)27-9-1-3-11-13(5-9)18(32)12-4-2-10(6-14(12)17(11)31)28-16(30)8-26-20(23)24/h1-6H,7-8H2,(H,27,29)(H,28,30)(H4,21,22,25)(H4,23,24,26). The van der Waals surface area contributed by atoms with Gasteiger partial charge in [-0.2, -0.15) is 0 Å². The van der Waals surface area contributed by atoms with Crippen molar-refractivity contribution in [3.05, 3.63) is 58.7 Å². The monoisotopic (exact) mass is 436 g/mol. The minimum atomic E-state index is -0.491. The van der Waals surface area contributed by atoms with E-state index in [4.69, 9.17) is 22.9 Å². The van der Waals surface area contributed by atoms with Gasteiger partial charge in [0.1, 0.15) is 13.1 Å². The third kappa shape index (κ3) is 4.87. The molecule has 0 saturated heterocycles. The van der Waals surface area contributed by atoms with Crippen LogP contribution in [0.4, 0.5) is 11.4 Å². The van der Waals surface area contributed by atoms with Crippen LogP contribution in [0.15, 0.2) is 46.4 Å². The number of guanidine groups is 2. The minimum absolute atomic E-state index is 0.145. The number of nitrogens with zero attached hydrogens (tertiary/aromatic N) is 2. The summed E-state index contributed by atoms with van der Waals surface area (Å²) in [5, 5.41) is 5.12. The zero-order valence-electron chi connectivity index (χ0n) is 16.7. The minimum Gasteiger partial charge on any atom is -0.370 e. The summed E-state index contributed by atoms with van der Waals surface area (Å²) >= 11 is 0. The molecule has 12 nitrogen and oxygen atoms in total. The summed E-state index contributed by atoms with van der Waals surface area (Å²) in [5.74, 6) is -2.23. The van der Waals surface area contributed by atoms with Crippen LogP contribution in [0.1, 0.15) is 31.8 Å². The molecule has 2 aromatic rings. The molecular weight excluding hydrogens is 416 g/mol. The maximum Gasteiger partial charge on any atom is 0.246 e. The smallest absolute Gasteiger partial charge is 0.246 e. The number of rotatable bonds is 6.